The zero-order chi connectivity index (χ0) is 29.9. The van der Waals surface area contributed by atoms with Gasteiger partial charge in [-0.25, -0.2) is 18.0 Å². The lowest BCUT2D eigenvalue weighted by molar-refractivity contribution is -0.492. The Kier molecular flexibility index (Phi) is 14.3. The molecule has 0 spiro atoms. The molecule has 230 valence electrons. The van der Waals surface area contributed by atoms with Crippen molar-refractivity contribution in [3.8, 4) is 0 Å². The molecule has 0 bridgehead atoms. The van der Waals surface area contributed by atoms with Crippen LogP contribution in [0.1, 0.15) is 57.6 Å². The topological polar surface area (TPSA) is 231 Å². The molecule has 0 saturated carbocycles. The largest absolute Gasteiger partial charge is 0.587 e. The zero-order valence-electron chi connectivity index (χ0n) is 21.8. The predicted molar refractivity (Wildman–Crippen MR) is 134 cm³/mol. The van der Waals surface area contributed by atoms with Gasteiger partial charge < -0.3 is 18.9 Å². The summed E-state index contributed by atoms with van der Waals surface area (Å²) in [7, 11) is -3.77. The van der Waals surface area contributed by atoms with Crippen molar-refractivity contribution in [3.05, 3.63) is 11.6 Å². The monoisotopic (exact) mass is 634 g/mol. The highest BCUT2D eigenvalue weighted by atomic mass is 32.3. The van der Waals surface area contributed by atoms with Gasteiger partial charge in [0.05, 0.1) is 48.5 Å². The van der Waals surface area contributed by atoms with Crippen LogP contribution in [0.2, 0.25) is 0 Å². The molecular weight excluding hydrogens is 600 g/mol. The number of ether oxygens (including phenoxy) is 2. The Hall–Kier alpha value is -1.82. The third kappa shape index (κ3) is 10.2. The lowest BCUT2D eigenvalue weighted by atomic mass is 10.0. The summed E-state index contributed by atoms with van der Waals surface area (Å²) in [6, 6.07) is 0.705. The number of nitrogens with zero attached hydrogens (tertiary/aromatic N) is 3. The van der Waals surface area contributed by atoms with Gasteiger partial charge in [0.1, 0.15) is 15.6 Å². The third-order valence-electron chi connectivity index (χ3n) is 5.66. The number of hydrogen-bond donors (Lipinski definition) is 5. The van der Waals surface area contributed by atoms with Crippen molar-refractivity contribution in [2.45, 2.75) is 65.7 Å². The highest BCUT2D eigenvalue weighted by molar-refractivity contribution is 7.95. The fourth-order valence-corrected chi connectivity index (χ4v) is 8.31. The number of unbranched alkanes of at least 4 members (excludes halogenated alkanes) is 2. The number of rotatable bonds is 16. The molecule has 1 aliphatic rings. The SMILES string of the molecule is CCN(C(=O)OCCCCON(O)O)[C@H]1CC(C)S(=O)(=O)c2sc([S+]([O-])NC(=O)OCCCCON(O)O)cc21. The summed E-state index contributed by atoms with van der Waals surface area (Å²) in [5.41, 5.74) is 0.279. The summed E-state index contributed by atoms with van der Waals surface area (Å²) in [6.07, 6.45) is -0.197. The minimum Gasteiger partial charge on any atom is -0.587 e. The molecule has 0 aromatic carbocycles. The number of thiophene rings is 1. The van der Waals surface area contributed by atoms with E-state index < -0.39 is 55.5 Å². The van der Waals surface area contributed by atoms with Crippen LogP contribution in [0.15, 0.2) is 14.5 Å². The van der Waals surface area contributed by atoms with Gasteiger partial charge in [-0.1, -0.05) is 11.3 Å². The van der Waals surface area contributed by atoms with E-state index in [4.69, 9.17) is 30.3 Å². The van der Waals surface area contributed by atoms with Crippen molar-refractivity contribution < 1.29 is 62.5 Å². The Morgan fingerprint density at radius 3 is 2.15 bits per heavy atom. The molecule has 5 N–H and O–H groups in total. The summed E-state index contributed by atoms with van der Waals surface area (Å²) in [5, 5.41) is 32.2. The van der Waals surface area contributed by atoms with Gasteiger partial charge in [-0.3, -0.25) is 30.5 Å². The second kappa shape index (κ2) is 16.6. The quantitative estimate of drug-likeness (QED) is 0.0996. The molecule has 1 aromatic heterocycles. The van der Waals surface area contributed by atoms with E-state index in [9.17, 15) is 22.6 Å². The summed E-state index contributed by atoms with van der Waals surface area (Å²) < 4.78 is 51.3. The van der Waals surface area contributed by atoms with Crippen molar-refractivity contribution >= 4 is 44.7 Å². The predicted octanol–water partition coefficient (Wildman–Crippen LogP) is 2.15. The maximum absolute atomic E-state index is 13.0. The van der Waals surface area contributed by atoms with Crippen molar-refractivity contribution in [2.75, 3.05) is 33.0 Å². The molecule has 1 aromatic rings. The standard InChI is InChI=1S/C20H34N4O13S3/c1-3-22(20(26)35-9-5-7-11-37-24(29)30)16-12-14(2)40(32,33)18-15(16)13-17(38-18)39(31)21-19(25)34-8-4-6-10-36-23(27)28/h13-14,16,27-30H,3-12H2,1-2H3,(H,21,25)/t14?,16-,39?/m0/s1. The molecule has 0 saturated heterocycles. The van der Waals surface area contributed by atoms with Crippen molar-refractivity contribution in [2.24, 2.45) is 0 Å². The normalized spacial score (nSPS) is 18.8. The van der Waals surface area contributed by atoms with E-state index in [0.717, 1.165) is 11.3 Å². The average Bonchev–Trinajstić information content (AvgIpc) is 3.34. The van der Waals surface area contributed by atoms with Crippen LogP contribution in [0, 0.1) is 0 Å². The fraction of sp³-hybridized carbons (Fsp3) is 0.700. The fourth-order valence-electron chi connectivity index (χ4n) is 3.70. The molecule has 0 radical (unpaired) electrons. The summed E-state index contributed by atoms with van der Waals surface area (Å²) in [6.45, 7) is 3.32. The first-order valence-corrected chi connectivity index (χ1v) is 15.7. The zero-order valence-corrected chi connectivity index (χ0v) is 24.3. The van der Waals surface area contributed by atoms with Gasteiger partial charge in [0.15, 0.2) is 9.84 Å². The minimum atomic E-state index is -3.77. The van der Waals surface area contributed by atoms with Crippen LogP contribution in [-0.4, -0.2) is 99.9 Å². The third-order valence-corrected chi connectivity index (χ3v) is 10.9. The Morgan fingerprint density at radius 2 is 1.60 bits per heavy atom. The van der Waals surface area contributed by atoms with Gasteiger partial charge in [-0.2, -0.15) is 0 Å². The molecule has 0 fully saturated rings. The van der Waals surface area contributed by atoms with Crippen molar-refractivity contribution in [1.82, 2.24) is 20.4 Å². The average molecular weight is 635 g/mol. The molecule has 40 heavy (non-hydrogen) atoms. The van der Waals surface area contributed by atoms with Crippen LogP contribution in [0.25, 0.3) is 0 Å². The Balaban J connectivity index is 2.04. The van der Waals surface area contributed by atoms with Crippen LogP contribution < -0.4 is 4.72 Å². The first-order chi connectivity index (χ1) is 18.9. The summed E-state index contributed by atoms with van der Waals surface area (Å²) >= 11 is -1.40. The highest BCUT2D eigenvalue weighted by Gasteiger charge is 2.43. The van der Waals surface area contributed by atoms with Crippen LogP contribution >= 0.6 is 11.3 Å². The smallest absolute Gasteiger partial charge is 0.449 e. The number of carbonyl (C=O) groups excluding carboxylic acids is 2. The first-order valence-electron chi connectivity index (χ1n) is 12.2. The van der Waals surface area contributed by atoms with Crippen LogP contribution in [0.4, 0.5) is 9.59 Å². The second-order valence-electron chi connectivity index (χ2n) is 8.41. The summed E-state index contributed by atoms with van der Waals surface area (Å²) in [4.78, 5) is 35.0. The van der Waals surface area contributed by atoms with E-state index in [-0.39, 0.29) is 53.4 Å². The maximum Gasteiger partial charge on any atom is 0.449 e. The lowest BCUT2D eigenvalue weighted by Crippen LogP contribution is -2.40. The van der Waals surface area contributed by atoms with E-state index in [1.165, 1.54) is 17.9 Å². The van der Waals surface area contributed by atoms with Crippen molar-refractivity contribution in [1.29, 1.82) is 0 Å². The number of fused-ring (bicyclic) bond motifs is 1. The molecular formula is C20H34N4O13S3. The van der Waals surface area contributed by atoms with Crippen LogP contribution in [-0.2, 0) is 40.3 Å². The van der Waals surface area contributed by atoms with Crippen LogP contribution in [0.3, 0.4) is 0 Å². The Bertz CT molecular complexity index is 1060. The minimum absolute atomic E-state index is 0.0110. The van der Waals surface area contributed by atoms with Gasteiger partial charge in [0, 0.05) is 18.2 Å². The number of amides is 2. The van der Waals surface area contributed by atoms with Gasteiger partial charge >= 0.3 is 12.2 Å². The maximum atomic E-state index is 13.0. The Morgan fingerprint density at radius 1 is 1.05 bits per heavy atom. The van der Waals surface area contributed by atoms with Crippen molar-refractivity contribution in [3.63, 3.8) is 0 Å². The van der Waals surface area contributed by atoms with E-state index in [1.807, 2.05) is 0 Å². The number of hydrogen-bond acceptors (Lipinski definition) is 16. The molecule has 0 aliphatic carbocycles. The number of sulfone groups is 1. The molecule has 20 heteroatoms. The first kappa shape index (κ1) is 34.4. The van der Waals surface area contributed by atoms with Gasteiger partial charge in [-0.05, 0) is 46.0 Å². The lowest BCUT2D eigenvalue weighted by Gasteiger charge is -2.35. The second-order valence-corrected chi connectivity index (χ2v) is 13.5. The molecule has 17 nitrogen and oxygen atoms in total. The Labute approximate surface area is 237 Å². The molecule has 2 rings (SSSR count). The number of nitrogens with one attached hydrogen (secondary N) is 1. The molecule has 2 amide bonds. The summed E-state index contributed by atoms with van der Waals surface area (Å²) in [5.74, 6) is 0. The molecule has 1 aliphatic heterocycles. The van der Waals surface area contributed by atoms with Crippen LogP contribution in [0.5, 0.6) is 0 Å². The highest BCUT2D eigenvalue weighted by Crippen LogP contribution is 2.45. The molecule has 2 unspecified atom stereocenters. The van der Waals surface area contributed by atoms with E-state index in [0.29, 0.717) is 25.7 Å². The van der Waals surface area contributed by atoms with E-state index >= 15 is 0 Å². The van der Waals surface area contributed by atoms with E-state index in [2.05, 4.69) is 14.4 Å². The van der Waals surface area contributed by atoms with Gasteiger partial charge in [0.25, 0.3) is 0 Å². The molecule has 3 atom stereocenters. The van der Waals surface area contributed by atoms with Gasteiger partial charge in [-0.15, -0.1) is 4.72 Å². The van der Waals surface area contributed by atoms with Gasteiger partial charge in [0.2, 0.25) is 4.21 Å². The van der Waals surface area contributed by atoms with E-state index in [1.54, 1.807) is 6.92 Å². The number of carbonyl (C=O) groups is 2. The molecule has 2 heterocycles.